The fourth-order valence-corrected chi connectivity index (χ4v) is 3.80. The molecule has 0 fully saturated rings. The molecule has 33 heavy (non-hydrogen) atoms. The van der Waals surface area contributed by atoms with Crippen LogP contribution in [-0.2, 0) is 6.18 Å². The molecule has 0 aliphatic heterocycles. The van der Waals surface area contributed by atoms with E-state index in [0.717, 1.165) is 12.1 Å². The zero-order valence-electron chi connectivity index (χ0n) is 19.1. The first kappa shape index (κ1) is 24.4. The van der Waals surface area contributed by atoms with Crippen LogP contribution in [0.2, 0.25) is 18.1 Å². The van der Waals surface area contributed by atoms with E-state index in [0.29, 0.717) is 17.1 Å². The van der Waals surface area contributed by atoms with E-state index in [4.69, 9.17) is 10.2 Å². The first-order valence-electron chi connectivity index (χ1n) is 10.3. The highest BCUT2D eigenvalue weighted by molar-refractivity contribution is 6.74. The second-order valence-corrected chi connectivity index (χ2v) is 14.0. The standard InChI is InChI=1S/C23H27F3N4O2Si/c1-22(2,3)33(4,5)32-20-10-9-17(12-19(20)27)29-21(31)15-13-28-30(14-15)18-8-6-7-16(11-18)23(24,25)26/h6-14H,27H2,1-5H3,(H,29,31). The van der Waals surface area contributed by atoms with Crippen LogP contribution in [0.15, 0.2) is 54.9 Å². The van der Waals surface area contributed by atoms with E-state index in [-0.39, 0.29) is 16.3 Å². The van der Waals surface area contributed by atoms with Gasteiger partial charge in [0.1, 0.15) is 5.75 Å². The quantitative estimate of drug-likeness (QED) is 0.344. The van der Waals surface area contributed by atoms with Gasteiger partial charge >= 0.3 is 6.18 Å². The molecule has 0 radical (unpaired) electrons. The fraction of sp³-hybridized carbons (Fsp3) is 0.304. The van der Waals surface area contributed by atoms with E-state index in [1.54, 1.807) is 18.2 Å². The average molecular weight is 477 g/mol. The third-order valence-corrected chi connectivity index (χ3v) is 10.1. The van der Waals surface area contributed by atoms with Gasteiger partial charge in [-0.15, -0.1) is 0 Å². The van der Waals surface area contributed by atoms with E-state index in [2.05, 4.69) is 44.3 Å². The summed E-state index contributed by atoms with van der Waals surface area (Å²) in [5.41, 5.74) is 6.61. The summed E-state index contributed by atoms with van der Waals surface area (Å²) in [5, 5.41) is 6.74. The van der Waals surface area contributed by atoms with Gasteiger partial charge in [-0.25, -0.2) is 4.68 Å². The lowest BCUT2D eigenvalue weighted by Crippen LogP contribution is -2.44. The Morgan fingerprint density at radius 2 is 1.82 bits per heavy atom. The van der Waals surface area contributed by atoms with Crippen molar-refractivity contribution in [2.75, 3.05) is 11.1 Å². The van der Waals surface area contributed by atoms with Gasteiger partial charge in [-0.1, -0.05) is 26.8 Å². The maximum absolute atomic E-state index is 13.0. The Labute approximate surface area is 191 Å². The molecular weight excluding hydrogens is 449 g/mol. The molecule has 0 atom stereocenters. The van der Waals surface area contributed by atoms with Crippen molar-refractivity contribution in [2.45, 2.75) is 45.1 Å². The van der Waals surface area contributed by atoms with Crippen molar-refractivity contribution in [1.82, 2.24) is 9.78 Å². The van der Waals surface area contributed by atoms with E-state index in [1.807, 2.05) is 0 Å². The van der Waals surface area contributed by atoms with Crippen LogP contribution in [0.25, 0.3) is 5.69 Å². The Balaban J connectivity index is 1.74. The predicted octanol–water partition coefficient (Wildman–Crippen LogP) is 6.11. The largest absolute Gasteiger partial charge is 0.542 e. The van der Waals surface area contributed by atoms with E-state index < -0.39 is 26.0 Å². The molecule has 0 aliphatic carbocycles. The number of alkyl halides is 3. The number of anilines is 2. The minimum absolute atomic E-state index is 0.00605. The first-order chi connectivity index (χ1) is 15.2. The third-order valence-electron chi connectivity index (χ3n) is 5.72. The summed E-state index contributed by atoms with van der Waals surface area (Å²) in [4.78, 5) is 12.6. The second kappa shape index (κ2) is 8.58. The number of benzene rings is 2. The van der Waals surface area contributed by atoms with E-state index >= 15 is 0 Å². The summed E-state index contributed by atoms with van der Waals surface area (Å²) in [6, 6.07) is 9.73. The molecule has 0 bridgehead atoms. The number of hydrogen-bond donors (Lipinski definition) is 2. The van der Waals surface area contributed by atoms with Gasteiger partial charge in [0.15, 0.2) is 0 Å². The molecule has 10 heteroatoms. The molecule has 3 aromatic rings. The summed E-state index contributed by atoms with van der Waals surface area (Å²) >= 11 is 0. The number of carbonyl (C=O) groups excluding carboxylic acids is 1. The Morgan fingerprint density at radius 3 is 2.42 bits per heavy atom. The van der Waals surface area contributed by atoms with Crippen molar-refractivity contribution in [3.8, 4) is 11.4 Å². The summed E-state index contributed by atoms with van der Waals surface area (Å²) in [7, 11) is -2.07. The van der Waals surface area contributed by atoms with Crippen LogP contribution in [0.4, 0.5) is 24.5 Å². The number of nitrogens with two attached hydrogens (primary N) is 1. The van der Waals surface area contributed by atoms with Gasteiger partial charge in [-0.3, -0.25) is 4.79 Å². The number of carbonyl (C=O) groups is 1. The fourth-order valence-electron chi connectivity index (χ4n) is 2.76. The van der Waals surface area contributed by atoms with Crippen LogP contribution in [-0.4, -0.2) is 24.0 Å². The minimum Gasteiger partial charge on any atom is -0.542 e. The van der Waals surface area contributed by atoms with Crippen LogP contribution < -0.4 is 15.5 Å². The third kappa shape index (κ3) is 5.56. The maximum atomic E-state index is 13.0. The molecule has 3 N–H and O–H groups in total. The lowest BCUT2D eigenvalue weighted by atomic mass is 10.2. The minimum atomic E-state index is -4.47. The average Bonchev–Trinajstić information content (AvgIpc) is 3.19. The lowest BCUT2D eigenvalue weighted by Gasteiger charge is -2.36. The molecule has 0 saturated heterocycles. The zero-order valence-corrected chi connectivity index (χ0v) is 20.1. The monoisotopic (exact) mass is 476 g/mol. The number of halogens is 3. The molecule has 0 aliphatic rings. The number of nitrogens with one attached hydrogen (secondary N) is 1. The van der Waals surface area contributed by atoms with Crippen molar-refractivity contribution in [1.29, 1.82) is 0 Å². The summed E-state index contributed by atoms with van der Waals surface area (Å²) < 4.78 is 46.3. The Bertz CT molecular complexity index is 1170. The Kier molecular flexibility index (Phi) is 6.34. The Hall–Kier alpha value is -3.27. The molecule has 0 spiro atoms. The maximum Gasteiger partial charge on any atom is 0.416 e. The molecule has 6 nitrogen and oxygen atoms in total. The summed E-state index contributed by atoms with van der Waals surface area (Å²) in [6.45, 7) is 10.6. The molecule has 3 rings (SSSR count). The van der Waals surface area contributed by atoms with Crippen LogP contribution in [0.1, 0.15) is 36.7 Å². The highest BCUT2D eigenvalue weighted by atomic mass is 28.4. The van der Waals surface area contributed by atoms with Crippen molar-refractivity contribution in [3.63, 3.8) is 0 Å². The molecule has 1 aromatic heterocycles. The molecular formula is C23H27F3N4O2Si. The van der Waals surface area contributed by atoms with Crippen molar-refractivity contribution >= 4 is 25.6 Å². The van der Waals surface area contributed by atoms with Gasteiger partial charge in [-0.2, -0.15) is 18.3 Å². The molecule has 2 aromatic carbocycles. The van der Waals surface area contributed by atoms with Gasteiger partial charge in [0.25, 0.3) is 14.2 Å². The van der Waals surface area contributed by atoms with Gasteiger partial charge < -0.3 is 15.5 Å². The van der Waals surface area contributed by atoms with Gasteiger partial charge in [0.2, 0.25) is 0 Å². The number of aromatic nitrogens is 2. The smallest absolute Gasteiger partial charge is 0.416 e. The van der Waals surface area contributed by atoms with E-state index in [9.17, 15) is 18.0 Å². The molecule has 176 valence electrons. The number of nitrogens with zero attached hydrogens (tertiary/aromatic N) is 2. The summed E-state index contributed by atoms with van der Waals surface area (Å²) in [5.74, 6) is 0.0997. The van der Waals surface area contributed by atoms with Crippen molar-refractivity contribution in [3.05, 3.63) is 66.0 Å². The molecule has 1 amide bonds. The topological polar surface area (TPSA) is 82.2 Å². The second-order valence-electron chi connectivity index (χ2n) is 9.29. The molecule has 1 heterocycles. The highest BCUT2D eigenvalue weighted by Gasteiger charge is 2.39. The molecule has 0 saturated carbocycles. The molecule has 0 unspecified atom stereocenters. The van der Waals surface area contributed by atoms with Gasteiger partial charge in [-0.05, 0) is 54.5 Å². The van der Waals surface area contributed by atoms with Crippen molar-refractivity contribution < 1.29 is 22.4 Å². The van der Waals surface area contributed by atoms with Crippen LogP contribution in [0.3, 0.4) is 0 Å². The van der Waals surface area contributed by atoms with Crippen LogP contribution >= 0.6 is 0 Å². The van der Waals surface area contributed by atoms with Gasteiger partial charge in [0, 0.05) is 11.9 Å². The van der Waals surface area contributed by atoms with Crippen LogP contribution in [0, 0.1) is 0 Å². The Morgan fingerprint density at radius 1 is 1.12 bits per heavy atom. The van der Waals surface area contributed by atoms with Crippen LogP contribution in [0.5, 0.6) is 5.75 Å². The van der Waals surface area contributed by atoms with E-state index in [1.165, 1.54) is 29.2 Å². The SMILES string of the molecule is CC(C)(C)[Si](C)(C)Oc1ccc(NC(=O)c2cnn(-c3cccc(C(F)(F)F)c3)c2)cc1N. The van der Waals surface area contributed by atoms with Crippen molar-refractivity contribution in [2.24, 2.45) is 0 Å². The number of hydrogen-bond acceptors (Lipinski definition) is 4. The van der Waals surface area contributed by atoms with Gasteiger partial charge in [0.05, 0.1) is 28.7 Å². The predicted molar refractivity (Wildman–Crippen MR) is 125 cm³/mol. The normalized spacial score (nSPS) is 12.5. The zero-order chi connectivity index (χ0) is 24.6. The highest BCUT2D eigenvalue weighted by Crippen LogP contribution is 2.39. The first-order valence-corrected chi connectivity index (χ1v) is 13.2. The number of nitrogen functional groups attached to an aromatic ring is 1. The lowest BCUT2D eigenvalue weighted by molar-refractivity contribution is -0.137. The number of amides is 1. The number of rotatable bonds is 5. The summed E-state index contributed by atoms with van der Waals surface area (Å²) in [6.07, 6.45) is -1.82.